The molecule has 0 amide bonds. The summed E-state index contributed by atoms with van der Waals surface area (Å²) in [4.78, 5) is 6.79. The third kappa shape index (κ3) is 2.99. The Hall–Kier alpha value is -2.66. The van der Waals surface area contributed by atoms with Crippen LogP contribution in [0, 0.1) is 0 Å². The molecule has 3 heterocycles. The molecule has 132 valence electrons. The molecule has 1 aromatic carbocycles. The molecule has 1 fully saturated rings. The van der Waals surface area contributed by atoms with E-state index in [1.807, 2.05) is 25.4 Å². The average molecular weight is 363 g/mol. The van der Waals surface area contributed by atoms with E-state index in [9.17, 15) is 0 Å². The fourth-order valence-corrected chi connectivity index (χ4v) is 3.91. The van der Waals surface area contributed by atoms with Crippen molar-refractivity contribution in [1.82, 2.24) is 14.9 Å². The van der Waals surface area contributed by atoms with Gasteiger partial charge in [-0.15, -0.1) is 0 Å². The number of nitrogens with zero attached hydrogens (tertiary/aromatic N) is 3. The maximum Gasteiger partial charge on any atom is 0.174 e. The highest BCUT2D eigenvalue weighted by Gasteiger charge is 2.40. The van der Waals surface area contributed by atoms with Crippen molar-refractivity contribution in [1.29, 1.82) is 0 Å². The molecule has 3 aromatic rings. The number of aryl methyl sites for hydroxylation is 2. The number of hydrogen-bond donors (Lipinski definition) is 1. The minimum absolute atomic E-state index is 0.0111. The number of aromatic nitrogens is 2. The Balaban J connectivity index is 1.79. The van der Waals surface area contributed by atoms with Crippen molar-refractivity contribution < 1.29 is 0 Å². The van der Waals surface area contributed by atoms with Crippen molar-refractivity contribution in [3.05, 3.63) is 83.9 Å². The van der Waals surface area contributed by atoms with Crippen molar-refractivity contribution in [3.63, 3.8) is 0 Å². The molecule has 0 saturated carbocycles. The van der Waals surface area contributed by atoms with Gasteiger partial charge in [0, 0.05) is 31.3 Å². The monoisotopic (exact) mass is 362 g/mol. The lowest BCUT2D eigenvalue weighted by Crippen LogP contribution is -2.29. The molecule has 4 nitrogen and oxygen atoms in total. The predicted octanol–water partition coefficient (Wildman–Crippen LogP) is 4.16. The van der Waals surface area contributed by atoms with E-state index in [4.69, 9.17) is 12.2 Å². The summed E-state index contributed by atoms with van der Waals surface area (Å²) >= 11 is 5.72. The summed E-state index contributed by atoms with van der Waals surface area (Å²) in [5.74, 6) is 0. The van der Waals surface area contributed by atoms with Gasteiger partial charge in [-0.3, -0.25) is 4.98 Å². The van der Waals surface area contributed by atoms with Gasteiger partial charge in [-0.1, -0.05) is 25.1 Å². The van der Waals surface area contributed by atoms with E-state index in [1.54, 1.807) is 0 Å². The Bertz CT molecular complexity index is 901. The van der Waals surface area contributed by atoms with Gasteiger partial charge in [0.2, 0.25) is 0 Å². The minimum atomic E-state index is 0.0111. The first kappa shape index (κ1) is 16.8. The Kier molecular flexibility index (Phi) is 4.47. The van der Waals surface area contributed by atoms with E-state index in [0.717, 1.165) is 22.9 Å². The molecular weight excluding hydrogens is 340 g/mol. The summed E-state index contributed by atoms with van der Waals surface area (Å²) in [6.07, 6.45) is 7.09. The molecule has 26 heavy (non-hydrogen) atoms. The fourth-order valence-electron chi connectivity index (χ4n) is 3.56. The van der Waals surface area contributed by atoms with Crippen LogP contribution >= 0.6 is 12.2 Å². The maximum absolute atomic E-state index is 5.72. The smallest absolute Gasteiger partial charge is 0.174 e. The third-order valence-electron chi connectivity index (χ3n) is 4.92. The lowest BCUT2D eigenvalue weighted by molar-refractivity contribution is 0.567. The summed E-state index contributed by atoms with van der Waals surface area (Å²) < 4.78 is 2.07. The number of thiocarbonyl (C=S) groups is 1. The van der Waals surface area contributed by atoms with Crippen LogP contribution in [0.15, 0.2) is 67.1 Å². The standard InChI is InChI=1S/C21H22N4S/c1-3-15-7-9-17(10-8-15)25-20(16-11-13-24(2)14-16)19(23-21(25)26)18-6-4-5-12-22-18/h4-14,19-20H,3H2,1-2H3,(H,23,26)/t19-,20+/m0/s1. The van der Waals surface area contributed by atoms with Gasteiger partial charge < -0.3 is 14.8 Å². The highest BCUT2D eigenvalue weighted by atomic mass is 32.1. The van der Waals surface area contributed by atoms with Crippen molar-refractivity contribution in [2.45, 2.75) is 25.4 Å². The predicted molar refractivity (Wildman–Crippen MR) is 109 cm³/mol. The highest BCUT2D eigenvalue weighted by molar-refractivity contribution is 7.80. The van der Waals surface area contributed by atoms with E-state index in [1.165, 1.54) is 11.1 Å². The molecule has 1 saturated heterocycles. The number of benzene rings is 1. The van der Waals surface area contributed by atoms with Crippen molar-refractivity contribution >= 4 is 23.0 Å². The van der Waals surface area contributed by atoms with Gasteiger partial charge in [0.1, 0.15) is 0 Å². The normalized spacial score (nSPS) is 19.6. The summed E-state index contributed by atoms with van der Waals surface area (Å²) in [6.45, 7) is 2.17. The van der Waals surface area contributed by atoms with Crippen LogP contribution in [0.1, 0.15) is 35.8 Å². The molecule has 5 heteroatoms. The highest BCUT2D eigenvalue weighted by Crippen LogP contribution is 2.41. The van der Waals surface area contributed by atoms with Gasteiger partial charge in [0.05, 0.1) is 17.8 Å². The molecule has 0 spiro atoms. The largest absolute Gasteiger partial charge is 0.357 e. The van der Waals surface area contributed by atoms with Gasteiger partial charge in [0.25, 0.3) is 0 Å². The van der Waals surface area contributed by atoms with Crippen LogP contribution in [-0.4, -0.2) is 14.7 Å². The zero-order valence-corrected chi connectivity index (χ0v) is 15.8. The zero-order valence-electron chi connectivity index (χ0n) is 15.0. The van der Waals surface area contributed by atoms with Crippen LogP contribution in [0.5, 0.6) is 0 Å². The topological polar surface area (TPSA) is 33.1 Å². The first-order valence-electron chi connectivity index (χ1n) is 8.89. The summed E-state index contributed by atoms with van der Waals surface area (Å²) in [5.41, 5.74) is 4.64. The molecular formula is C21H22N4S. The molecule has 0 radical (unpaired) electrons. The van der Waals surface area contributed by atoms with E-state index < -0.39 is 0 Å². The average Bonchev–Trinajstić information content (AvgIpc) is 3.25. The lowest BCUT2D eigenvalue weighted by Gasteiger charge is -2.27. The van der Waals surface area contributed by atoms with Crippen molar-refractivity contribution in [3.8, 4) is 0 Å². The minimum Gasteiger partial charge on any atom is -0.357 e. The lowest BCUT2D eigenvalue weighted by atomic mass is 9.98. The maximum atomic E-state index is 5.72. The Labute approximate surface area is 159 Å². The van der Waals surface area contributed by atoms with E-state index >= 15 is 0 Å². The van der Waals surface area contributed by atoms with Gasteiger partial charge in [-0.25, -0.2) is 0 Å². The first-order chi connectivity index (χ1) is 12.7. The second-order valence-corrected chi connectivity index (χ2v) is 7.01. The summed E-state index contributed by atoms with van der Waals surface area (Å²) in [5, 5.41) is 4.23. The summed E-state index contributed by atoms with van der Waals surface area (Å²) in [6, 6.07) is 16.9. The number of hydrogen-bond acceptors (Lipinski definition) is 2. The molecule has 0 bridgehead atoms. The molecule has 2 atom stereocenters. The van der Waals surface area contributed by atoms with Gasteiger partial charge in [-0.2, -0.15) is 0 Å². The van der Waals surface area contributed by atoms with Crippen molar-refractivity contribution in [2.24, 2.45) is 7.05 Å². The van der Waals surface area contributed by atoms with E-state index in [-0.39, 0.29) is 12.1 Å². The van der Waals surface area contributed by atoms with E-state index in [2.05, 4.69) is 75.5 Å². The third-order valence-corrected chi connectivity index (χ3v) is 5.23. The second-order valence-electron chi connectivity index (χ2n) is 6.63. The Morgan fingerprint density at radius 3 is 2.54 bits per heavy atom. The number of rotatable bonds is 4. The van der Waals surface area contributed by atoms with E-state index in [0.29, 0.717) is 0 Å². The van der Waals surface area contributed by atoms with Crippen LogP contribution in [0.25, 0.3) is 0 Å². The molecule has 1 N–H and O–H groups in total. The number of nitrogens with one attached hydrogen (secondary N) is 1. The van der Waals surface area contributed by atoms with Gasteiger partial charge in [0.15, 0.2) is 5.11 Å². The van der Waals surface area contributed by atoms with Gasteiger partial charge >= 0.3 is 0 Å². The Morgan fingerprint density at radius 1 is 1.12 bits per heavy atom. The molecule has 0 aliphatic carbocycles. The number of pyridine rings is 1. The zero-order chi connectivity index (χ0) is 18.1. The fraction of sp³-hybridized carbons (Fsp3) is 0.238. The van der Waals surface area contributed by atoms with Crippen LogP contribution < -0.4 is 10.2 Å². The summed E-state index contributed by atoms with van der Waals surface area (Å²) in [7, 11) is 2.04. The molecule has 0 unspecified atom stereocenters. The van der Waals surface area contributed by atoms with Gasteiger partial charge in [-0.05, 0) is 60.1 Å². The molecule has 1 aliphatic heterocycles. The Morgan fingerprint density at radius 2 is 1.92 bits per heavy atom. The van der Waals surface area contributed by atoms with Crippen LogP contribution in [0.3, 0.4) is 0 Å². The molecule has 2 aromatic heterocycles. The second kappa shape index (κ2) is 6.92. The molecule has 4 rings (SSSR count). The first-order valence-corrected chi connectivity index (χ1v) is 9.29. The molecule has 1 aliphatic rings. The van der Waals surface area contributed by atoms with Crippen LogP contribution in [-0.2, 0) is 13.5 Å². The number of anilines is 1. The van der Waals surface area contributed by atoms with Crippen molar-refractivity contribution in [2.75, 3.05) is 4.90 Å². The van der Waals surface area contributed by atoms with Crippen LogP contribution in [0.4, 0.5) is 5.69 Å². The SMILES string of the molecule is CCc1ccc(N2C(=S)N[C@@H](c3ccccn3)[C@H]2c2ccn(C)c2)cc1. The van der Waals surface area contributed by atoms with Crippen LogP contribution in [0.2, 0.25) is 0 Å². The quantitative estimate of drug-likeness (QED) is 0.707.